The van der Waals surface area contributed by atoms with Crippen molar-refractivity contribution >= 4 is 34.1 Å². The molecule has 192 valence electrons. The first-order valence-corrected chi connectivity index (χ1v) is 12.5. The Morgan fingerprint density at radius 1 is 1.05 bits per heavy atom. The summed E-state index contributed by atoms with van der Waals surface area (Å²) < 4.78 is 16.2. The number of rotatable bonds is 8. The number of furan rings is 1. The summed E-state index contributed by atoms with van der Waals surface area (Å²) in [4.78, 5) is 45.0. The fraction of sp³-hybridized carbons (Fsp3) is 0.143. The number of aliphatic hydroxyl groups excluding tert-OH is 1. The maximum Gasteiger partial charge on any atom is 0.350 e. The van der Waals surface area contributed by atoms with Gasteiger partial charge in [-0.2, -0.15) is 0 Å². The molecule has 0 radical (unpaired) electrons. The van der Waals surface area contributed by atoms with Crippen LogP contribution in [0.2, 0.25) is 0 Å². The number of carbonyl (C=O) groups is 3. The van der Waals surface area contributed by atoms with Gasteiger partial charge in [0.05, 0.1) is 30.2 Å². The van der Waals surface area contributed by atoms with E-state index in [1.807, 2.05) is 30.3 Å². The molecule has 1 aliphatic rings. The van der Waals surface area contributed by atoms with Crippen molar-refractivity contribution in [3.05, 3.63) is 106 Å². The molecule has 9 nitrogen and oxygen atoms in total. The summed E-state index contributed by atoms with van der Waals surface area (Å²) in [5, 5.41) is 11.0. The van der Waals surface area contributed by atoms with Gasteiger partial charge in [0.1, 0.15) is 16.4 Å². The second-order valence-electron chi connectivity index (χ2n) is 8.26. The third-order valence-electron chi connectivity index (χ3n) is 5.82. The van der Waals surface area contributed by atoms with Crippen LogP contribution in [-0.4, -0.2) is 34.4 Å². The second kappa shape index (κ2) is 10.3. The number of hydrogen-bond acceptors (Lipinski definition) is 9. The Balaban J connectivity index is 1.56. The Labute approximate surface area is 221 Å². The molecular formula is C28H22N2O7S. The van der Waals surface area contributed by atoms with Gasteiger partial charge in [0.15, 0.2) is 16.7 Å². The molecule has 2 aromatic carbocycles. The number of aryl methyl sites for hydroxylation is 1. The van der Waals surface area contributed by atoms with Crippen molar-refractivity contribution in [3.63, 3.8) is 0 Å². The minimum absolute atomic E-state index is 0.0298. The Bertz CT molecular complexity index is 1520. The number of amides is 1. The molecule has 1 amide bonds. The SMILES string of the molecule is CCOC(=O)c1sc(N2C(=O)C(O)=C(C(=O)c3ccco3)[C@H]2c2ccc(Oc3ccccc3)cc2)nc1C. The quantitative estimate of drug-likeness (QED) is 0.224. The Kier molecular flexibility index (Phi) is 6.80. The van der Waals surface area contributed by atoms with Crippen LogP contribution < -0.4 is 9.64 Å². The van der Waals surface area contributed by atoms with Crippen LogP contribution in [0.1, 0.15) is 44.4 Å². The van der Waals surface area contributed by atoms with E-state index in [0.717, 1.165) is 11.3 Å². The molecule has 0 unspecified atom stereocenters. The van der Waals surface area contributed by atoms with E-state index < -0.39 is 29.5 Å². The number of anilines is 1. The number of para-hydroxylation sites is 1. The zero-order valence-corrected chi connectivity index (χ0v) is 21.2. The van der Waals surface area contributed by atoms with E-state index in [0.29, 0.717) is 22.8 Å². The van der Waals surface area contributed by atoms with E-state index in [1.165, 1.54) is 17.2 Å². The van der Waals surface area contributed by atoms with Gasteiger partial charge in [-0.1, -0.05) is 41.7 Å². The Morgan fingerprint density at radius 3 is 2.42 bits per heavy atom. The molecule has 5 rings (SSSR count). The number of ketones is 1. The van der Waals surface area contributed by atoms with E-state index >= 15 is 0 Å². The van der Waals surface area contributed by atoms with Crippen LogP contribution in [0.3, 0.4) is 0 Å². The highest BCUT2D eigenvalue weighted by molar-refractivity contribution is 7.17. The van der Waals surface area contributed by atoms with Gasteiger partial charge in [-0.15, -0.1) is 0 Å². The first kappa shape index (κ1) is 25.0. The number of aromatic nitrogens is 1. The number of hydrogen-bond donors (Lipinski definition) is 1. The van der Waals surface area contributed by atoms with E-state index in [1.54, 1.807) is 44.2 Å². The molecule has 0 saturated heterocycles. The topological polar surface area (TPSA) is 119 Å². The van der Waals surface area contributed by atoms with Crippen LogP contribution in [0.5, 0.6) is 11.5 Å². The smallest absolute Gasteiger partial charge is 0.350 e. The maximum absolute atomic E-state index is 13.4. The summed E-state index contributed by atoms with van der Waals surface area (Å²) >= 11 is 0.947. The molecule has 0 aliphatic carbocycles. The predicted molar refractivity (Wildman–Crippen MR) is 139 cm³/mol. The van der Waals surface area contributed by atoms with Gasteiger partial charge in [-0.25, -0.2) is 9.78 Å². The van der Waals surface area contributed by atoms with Gasteiger partial charge in [-0.3, -0.25) is 14.5 Å². The highest BCUT2D eigenvalue weighted by Crippen LogP contribution is 2.44. The Morgan fingerprint density at radius 2 is 1.76 bits per heavy atom. The van der Waals surface area contributed by atoms with Gasteiger partial charge in [0, 0.05) is 0 Å². The molecule has 10 heteroatoms. The average Bonchev–Trinajstić information content (AvgIpc) is 3.64. The lowest BCUT2D eigenvalue weighted by Gasteiger charge is -2.24. The third kappa shape index (κ3) is 4.57. The van der Waals surface area contributed by atoms with Crippen molar-refractivity contribution in [2.24, 2.45) is 0 Å². The standard InChI is InChI=1S/C28H22N2O7S/c1-3-35-27(34)25-16(2)29-28(38-25)30-22(21(24(32)26(30)33)23(31)20-10-7-15-36-20)17-11-13-19(14-12-17)37-18-8-5-4-6-9-18/h4-15,22,32H,3H2,1-2H3/t22-/m1/s1. The first-order valence-electron chi connectivity index (χ1n) is 11.7. The number of ether oxygens (including phenoxy) is 2. The average molecular weight is 531 g/mol. The lowest BCUT2D eigenvalue weighted by atomic mass is 9.95. The Hall–Kier alpha value is -4.70. The predicted octanol–water partition coefficient (Wildman–Crippen LogP) is 5.80. The second-order valence-corrected chi connectivity index (χ2v) is 9.24. The number of esters is 1. The molecule has 1 atom stereocenters. The van der Waals surface area contributed by atoms with Crippen LogP contribution in [0.15, 0.2) is 88.7 Å². The van der Waals surface area contributed by atoms with Crippen molar-refractivity contribution in [2.75, 3.05) is 11.5 Å². The van der Waals surface area contributed by atoms with Crippen LogP contribution in [0.25, 0.3) is 0 Å². The minimum atomic E-state index is -1.04. The number of nitrogens with zero attached hydrogens (tertiary/aromatic N) is 2. The summed E-state index contributed by atoms with van der Waals surface area (Å²) in [6, 6.07) is 18.0. The molecule has 3 heterocycles. The zero-order valence-electron chi connectivity index (χ0n) is 20.4. The minimum Gasteiger partial charge on any atom is -0.503 e. The molecule has 2 aromatic heterocycles. The lowest BCUT2D eigenvalue weighted by molar-refractivity contribution is -0.117. The first-order chi connectivity index (χ1) is 18.4. The fourth-order valence-corrected chi connectivity index (χ4v) is 5.09. The van der Waals surface area contributed by atoms with Crippen molar-refractivity contribution < 1.29 is 33.4 Å². The fourth-order valence-electron chi connectivity index (χ4n) is 4.10. The summed E-state index contributed by atoms with van der Waals surface area (Å²) in [6.45, 7) is 3.49. The highest BCUT2D eigenvalue weighted by atomic mass is 32.1. The maximum atomic E-state index is 13.4. The van der Waals surface area contributed by atoms with Crippen molar-refractivity contribution in [2.45, 2.75) is 19.9 Å². The molecule has 1 aliphatic heterocycles. The highest BCUT2D eigenvalue weighted by Gasteiger charge is 2.46. The van der Waals surface area contributed by atoms with Gasteiger partial charge in [-0.05, 0) is 55.8 Å². The summed E-state index contributed by atoms with van der Waals surface area (Å²) in [5.74, 6) is -1.59. The summed E-state index contributed by atoms with van der Waals surface area (Å²) in [6.07, 6.45) is 1.33. The molecule has 0 fully saturated rings. The van der Waals surface area contributed by atoms with Crippen molar-refractivity contribution in [1.29, 1.82) is 0 Å². The number of benzene rings is 2. The van der Waals surface area contributed by atoms with Gasteiger partial charge >= 0.3 is 5.97 Å². The van der Waals surface area contributed by atoms with Gasteiger partial charge in [0.25, 0.3) is 5.91 Å². The molecule has 0 saturated carbocycles. The summed E-state index contributed by atoms with van der Waals surface area (Å²) in [5.41, 5.74) is 0.724. The van der Waals surface area contributed by atoms with Gasteiger partial charge in [0.2, 0.25) is 5.78 Å². The number of aliphatic hydroxyl groups is 1. The third-order valence-corrected chi connectivity index (χ3v) is 6.96. The van der Waals surface area contributed by atoms with E-state index in [4.69, 9.17) is 13.9 Å². The molecule has 0 bridgehead atoms. The van der Waals surface area contributed by atoms with Crippen LogP contribution in [0, 0.1) is 6.92 Å². The molecule has 38 heavy (non-hydrogen) atoms. The van der Waals surface area contributed by atoms with E-state index in [2.05, 4.69) is 4.98 Å². The van der Waals surface area contributed by atoms with Crippen molar-refractivity contribution in [1.82, 2.24) is 4.98 Å². The monoisotopic (exact) mass is 530 g/mol. The number of thiazole rings is 1. The van der Waals surface area contributed by atoms with Gasteiger partial charge < -0.3 is 19.0 Å². The number of carbonyl (C=O) groups excluding carboxylic acids is 3. The molecule has 1 N–H and O–H groups in total. The van der Waals surface area contributed by atoms with E-state index in [-0.39, 0.29) is 27.9 Å². The molecule has 0 spiro atoms. The zero-order chi connectivity index (χ0) is 26.8. The van der Waals surface area contributed by atoms with Crippen LogP contribution in [0.4, 0.5) is 5.13 Å². The van der Waals surface area contributed by atoms with Crippen LogP contribution in [-0.2, 0) is 9.53 Å². The normalized spacial score (nSPS) is 15.2. The largest absolute Gasteiger partial charge is 0.503 e. The molecule has 4 aromatic rings. The van der Waals surface area contributed by atoms with Crippen molar-refractivity contribution in [3.8, 4) is 11.5 Å². The van der Waals surface area contributed by atoms with Crippen LogP contribution >= 0.6 is 11.3 Å². The van der Waals surface area contributed by atoms with E-state index in [9.17, 15) is 19.5 Å². The molecular weight excluding hydrogens is 508 g/mol. The lowest BCUT2D eigenvalue weighted by Crippen LogP contribution is -2.31. The number of Topliss-reactive ketones (excluding diaryl/α,β-unsaturated/α-hetero) is 1. The summed E-state index contributed by atoms with van der Waals surface area (Å²) in [7, 11) is 0.